The molecule has 2 rings (SSSR count). The van der Waals surface area contributed by atoms with Crippen molar-refractivity contribution in [3.63, 3.8) is 0 Å². The van der Waals surface area contributed by atoms with E-state index in [0.29, 0.717) is 19.6 Å². The molecule has 1 aliphatic heterocycles. The van der Waals surface area contributed by atoms with Crippen molar-refractivity contribution in [3.8, 4) is 0 Å². The highest BCUT2D eigenvalue weighted by molar-refractivity contribution is 5.78. The number of nitrogens with one attached hydrogen (secondary N) is 1. The molecule has 1 aromatic carbocycles. The van der Waals surface area contributed by atoms with Crippen molar-refractivity contribution in [1.29, 1.82) is 0 Å². The van der Waals surface area contributed by atoms with Gasteiger partial charge in [0.05, 0.1) is 6.54 Å². The summed E-state index contributed by atoms with van der Waals surface area (Å²) in [6.45, 7) is 2.58. The minimum atomic E-state index is 0.0784. The molecule has 1 atom stereocenters. The molecular weight excluding hydrogens is 250 g/mol. The van der Waals surface area contributed by atoms with Crippen LogP contribution in [0.4, 0.5) is 0 Å². The van der Waals surface area contributed by atoms with E-state index in [-0.39, 0.29) is 11.9 Å². The first-order valence-electron chi connectivity index (χ1n) is 7.21. The Kier molecular flexibility index (Phi) is 5.77. The largest absolute Gasteiger partial charge is 0.355 e. The molecule has 0 aliphatic carbocycles. The first-order chi connectivity index (χ1) is 9.79. The van der Waals surface area contributed by atoms with Gasteiger partial charge in [0.1, 0.15) is 0 Å². The van der Waals surface area contributed by atoms with E-state index in [1.165, 1.54) is 5.56 Å². The monoisotopic (exact) mass is 273 g/mol. The second kappa shape index (κ2) is 7.82. The molecule has 0 radical (unpaired) electrons. The van der Waals surface area contributed by atoms with Gasteiger partial charge in [-0.15, -0.1) is 0 Å². The highest BCUT2D eigenvalue weighted by atomic mass is 16.2. The fourth-order valence-electron chi connectivity index (χ4n) is 2.44. The van der Waals surface area contributed by atoms with Gasteiger partial charge in [-0.25, -0.2) is 0 Å². The molecule has 0 saturated carbocycles. The maximum Gasteiger partial charge on any atom is 0.234 e. The Morgan fingerprint density at radius 2 is 2.15 bits per heavy atom. The lowest BCUT2D eigenvalue weighted by Gasteiger charge is -2.30. The van der Waals surface area contributed by atoms with Crippen LogP contribution in [0.5, 0.6) is 0 Å². The summed E-state index contributed by atoms with van der Waals surface area (Å²) in [5, 5.41) is 2.98. The fraction of sp³-hybridized carbons (Fsp3) is 0.438. The molecule has 0 aromatic heterocycles. The van der Waals surface area contributed by atoms with Crippen LogP contribution in [0.3, 0.4) is 0 Å². The van der Waals surface area contributed by atoms with Crippen molar-refractivity contribution in [2.75, 3.05) is 26.2 Å². The Morgan fingerprint density at radius 3 is 2.90 bits per heavy atom. The molecule has 20 heavy (non-hydrogen) atoms. The van der Waals surface area contributed by atoms with Gasteiger partial charge in [-0.3, -0.25) is 9.69 Å². The molecule has 108 valence electrons. The Hall–Kier alpha value is -1.65. The fourth-order valence-corrected chi connectivity index (χ4v) is 2.44. The highest BCUT2D eigenvalue weighted by Crippen LogP contribution is 2.08. The van der Waals surface area contributed by atoms with Gasteiger partial charge in [0.15, 0.2) is 0 Å². The first-order valence-corrected chi connectivity index (χ1v) is 7.21. The maximum atomic E-state index is 11.9. The van der Waals surface area contributed by atoms with Crippen LogP contribution in [-0.4, -0.2) is 43.0 Å². The number of benzene rings is 1. The van der Waals surface area contributed by atoms with Gasteiger partial charge in [0.25, 0.3) is 0 Å². The first kappa shape index (κ1) is 14.8. The molecule has 0 saturated heterocycles. The zero-order chi connectivity index (χ0) is 14.2. The lowest BCUT2D eigenvalue weighted by atomic mass is 10.1. The van der Waals surface area contributed by atoms with Crippen molar-refractivity contribution in [2.45, 2.75) is 18.9 Å². The molecular formula is C16H23N3O. The lowest BCUT2D eigenvalue weighted by Crippen LogP contribution is -2.47. The number of hydrogen-bond donors (Lipinski definition) is 2. The Balaban J connectivity index is 1.71. The molecule has 1 aromatic rings. The number of carbonyl (C=O) groups excluding carboxylic acids is 1. The highest BCUT2D eigenvalue weighted by Gasteiger charge is 2.19. The van der Waals surface area contributed by atoms with Crippen molar-refractivity contribution in [3.05, 3.63) is 48.0 Å². The molecule has 0 bridgehead atoms. The number of amides is 1. The van der Waals surface area contributed by atoms with E-state index >= 15 is 0 Å². The van der Waals surface area contributed by atoms with Crippen LogP contribution in [0.1, 0.15) is 12.0 Å². The van der Waals surface area contributed by atoms with E-state index in [1.54, 1.807) is 0 Å². The van der Waals surface area contributed by atoms with E-state index in [0.717, 1.165) is 19.4 Å². The molecule has 0 spiro atoms. The minimum absolute atomic E-state index is 0.0784. The summed E-state index contributed by atoms with van der Waals surface area (Å²) in [5.74, 6) is 0.0784. The molecule has 4 heteroatoms. The molecule has 3 N–H and O–H groups in total. The van der Waals surface area contributed by atoms with Crippen LogP contribution in [0.2, 0.25) is 0 Å². The predicted octanol–water partition coefficient (Wildman–Crippen LogP) is 0.935. The van der Waals surface area contributed by atoms with Crippen molar-refractivity contribution < 1.29 is 4.79 Å². The minimum Gasteiger partial charge on any atom is -0.355 e. The van der Waals surface area contributed by atoms with Gasteiger partial charge >= 0.3 is 0 Å². The van der Waals surface area contributed by atoms with E-state index in [2.05, 4.69) is 34.5 Å². The summed E-state index contributed by atoms with van der Waals surface area (Å²) in [7, 11) is 0. The molecule has 1 unspecified atom stereocenters. The lowest BCUT2D eigenvalue weighted by molar-refractivity contribution is -0.122. The Morgan fingerprint density at radius 1 is 1.35 bits per heavy atom. The second-order valence-electron chi connectivity index (χ2n) is 5.08. The van der Waals surface area contributed by atoms with E-state index in [9.17, 15) is 4.79 Å². The van der Waals surface area contributed by atoms with E-state index < -0.39 is 0 Å². The van der Waals surface area contributed by atoms with Gasteiger partial charge in [0, 0.05) is 25.7 Å². The van der Waals surface area contributed by atoms with Gasteiger partial charge in [-0.2, -0.15) is 0 Å². The standard InChI is InChI=1S/C16H23N3O/c17-12-15-8-4-5-11-19(15)13-16(20)18-10-9-14-6-2-1-3-7-14/h1-4,6-8,15H,5,9-13,17H2,(H,18,20). The van der Waals surface area contributed by atoms with Crippen LogP contribution < -0.4 is 11.1 Å². The smallest absolute Gasteiger partial charge is 0.234 e. The summed E-state index contributed by atoms with van der Waals surface area (Å²) in [6, 6.07) is 10.4. The average molecular weight is 273 g/mol. The topological polar surface area (TPSA) is 58.4 Å². The van der Waals surface area contributed by atoms with Crippen molar-refractivity contribution in [2.24, 2.45) is 5.73 Å². The number of carbonyl (C=O) groups is 1. The summed E-state index contributed by atoms with van der Waals surface area (Å²) < 4.78 is 0. The van der Waals surface area contributed by atoms with Crippen molar-refractivity contribution >= 4 is 5.91 Å². The summed E-state index contributed by atoms with van der Waals surface area (Å²) in [4.78, 5) is 14.1. The van der Waals surface area contributed by atoms with Crippen molar-refractivity contribution in [1.82, 2.24) is 10.2 Å². The van der Waals surface area contributed by atoms with Gasteiger partial charge in [0.2, 0.25) is 5.91 Å². The second-order valence-corrected chi connectivity index (χ2v) is 5.08. The summed E-state index contributed by atoms with van der Waals surface area (Å²) in [5.41, 5.74) is 6.96. The molecule has 1 heterocycles. The predicted molar refractivity (Wildman–Crippen MR) is 81.3 cm³/mol. The maximum absolute atomic E-state index is 11.9. The molecule has 4 nitrogen and oxygen atoms in total. The van der Waals surface area contributed by atoms with Crippen LogP contribution in [0.15, 0.2) is 42.5 Å². The van der Waals surface area contributed by atoms with Crippen LogP contribution >= 0.6 is 0 Å². The van der Waals surface area contributed by atoms with Crippen LogP contribution in [-0.2, 0) is 11.2 Å². The van der Waals surface area contributed by atoms with Gasteiger partial charge in [-0.1, -0.05) is 42.5 Å². The number of nitrogens with two attached hydrogens (primary N) is 1. The quantitative estimate of drug-likeness (QED) is 0.758. The Bertz CT molecular complexity index is 444. The van der Waals surface area contributed by atoms with Crippen LogP contribution in [0, 0.1) is 0 Å². The third-order valence-electron chi connectivity index (χ3n) is 3.58. The van der Waals surface area contributed by atoms with E-state index in [4.69, 9.17) is 5.73 Å². The number of nitrogens with zero attached hydrogens (tertiary/aromatic N) is 1. The Labute approximate surface area is 120 Å². The van der Waals surface area contributed by atoms with Gasteiger partial charge < -0.3 is 11.1 Å². The molecule has 1 aliphatic rings. The summed E-state index contributed by atoms with van der Waals surface area (Å²) in [6.07, 6.45) is 6.10. The normalized spacial score (nSPS) is 18.9. The van der Waals surface area contributed by atoms with Crippen LogP contribution in [0.25, 0.3) is 0 Å². The van der Waals surface area contributed by atoms with E-state index in [1.807, 2.05) is 18.2 Å². The zero-order valence-corrected chi connectivity index (χ0v) is 11.8. The SMILES string of the molecule is NCC1C=CCCN1CC(=O)NCCc1ccccc1. The third kappa shape index (κ3) is 4.47. The van der Waals surface area contributed by atoms with Gasteiger partial charge in [-0.05, 0) is 18.4 Å². The molecule has 0 fully saturated rings. The average Bonchev–Trinajstić information content (AvgIpc) is 2.49. The zero-order valence-electron chi connectivity index (χ0n) is 11.8. The third-order valence-corrected chi connectivity index (χ3v) is 3.58. The number of hydrogen-bond acceptors (Lipinski definition) is 3. The summed E-state index contributed by atoms with van der Waals surface area (Å²) >= 11 is 0. The number of rotatable bonds is 6. The molecule has 1 amide bonds.